The minimum Gasteiger partial charge on any atom is -0.336 e. The fourth-order valence-corrected chi connectivity index (χ4v) is 4.74. The molecule has 1 fully saturated rings. The lowest BCUT2D eigenvalue weighted by molar-refractivity contribution is 0.0636. The molecule has 0 N–H and O–H groups in total. The van der Waals surface area contributed by atoms with Gasteiger partial charge in [-0.2, -0.15) is 0 Å². The summed E-state index contributed by atoms with van der Waals surface area (Å²) in [6, 6.07) is 15.7. The molecule has 2 aromatic carbocycles. The summed E-state index contributed by atoms with van der Waals surface area (Å²) in [6.45, 7) is 8.56. The largest absolute Gasteiger partial charge is 0.336 e. The van der Waals surface area contributed by atoms with Crippen LogP contribution in [0.4, 0.5) is 0 Å². The van der Waals surface area contributed by atoms with Crippen LogP contribution in [0.1, 0.15) is 39.9 Å². The lowest BCUT2D eigenvalue weighted by Gasteiger charge is -2.34. The van der Waals surface area contributed by atoms with E-state index in [2.05, 4.69) is 16.8 Å². The molecule has 0 radical (unpaired) electrons. The summed E-state index contributed by atoms with van der Waals surface area (Å²) >= 11 is 0. The molecular weight excluding hydrogens is 402 g/mol. The van der Waals surface area contributed by atoms with E-state index in [0.29, 0.717) is 36.5 Å². The van der Waals surface area contributed by atoms with E-state index in [-0.39, 0.29) is 11.8 Å². The molecule has 1 aromatic heterocycles. The fraction of sp³-hybridized carbons (Fsp3) is 0.400. The Balaban J connectivity index is 1.34. The van der Waals surface area contributed by atoms with Crippen LogP contribution in [0, 0.1) is 0 Å². The third kappa shape index (κ3) is 3.88. The van der Waals surface area contributed by atoms with Crippen molar-refractivity contribution < 1.29 is 9.59 Å². The zero-order valence-electron chi connectivity index (χ0n) is 18.5. The molecule has 3 aromatic rings. The van der Waals surface area contributed by atoms with Gasteiger partial charge in [0.05, 0.1) is 11.0 Å². The van der Waals surface area contributed by atoms with Gasteiger partial charge in [0.1, 0.15) is 0 Å². The number of hydrogen-bond donors (Lipinski definition) is 0. The van der Waals surface area contributed by atoms with E-state index in [9.17, 15) is 9.59 Å². The Kier molecular flexibility index (Phi) is 5.66. The van der Waals surface area contributed by atoms with E-state index in [1.54, 1.807) is 0 Å². The molecule has 0 atom stereocenters. The average Bonchev–Trinajstić information content (AvgIpc) is 3.20. The van der Waals surface area contributed by atoms with Crippen molar-refractivity contribution in [2.75, 3.05) is 39.3 Å². The monoisotopic (exact) mass is 431 g/mol. The second-order valence-electron chi connectivity index (χ2n) is 8.64. The van der Waals surface area contributed by atoms with E-state index in [4.69, 9.17) is 0 Å². The van der Waals surface area contributed by atoms with Gasteiger partial charge >= 0.3 is 0 Å². The van der Waals surface area contributed by atoms with E-state index < -0.39 is 0 Å². The summed E-state index contributed by atoms with van der Waals surface area (Å²) in [6.07, 6.45) is 1.14. The highest BCUT2D eigenvalue weighted by Crippen LogP contribution is 2.24. The van der Waals surface area contributed by atoms with Crippen LogP contribution < -0.4 is 0 Å². The Labute approximate surface area is 188 Å². The number of carbonyl (C=O) groups excluding carboxylic acids is 2. The van der Waals surface area contributed by atoms with Crippen molar-refractivity contribution in [3.05, 3.63) is 65.5 Å². The van der Waals surface area contributed by atoms with Crippen molar-refractivity contribution in [3.8, 4) is 0 Å². The molecule has 7 heteroatoms. The van der Waals surface area contributed by atoms with Crippen molar-refractivity contribution >= 4 is 22.8 Å². The topological polar surface area (TPSA) is 61.7 Å². The molecule has 0 bridgehead atoms. The summed E-state index contributed by atoms with van der Waals surface area (Å²) in [5.74, 6) is 0.447. The van der Waals surface area contributed by atoms with Crippen LogP contribution in [0.25, 0.3) is 11.0 Å². The van der Waals surface area contributed by atoms with Crippen molar-refractivity contribution in [3.63, 3.8) is 0 Å². The fourth-order valence-electron chi connectivity index (χ4n) is 4.74. The minimum absolute atomic E-state index is 0.0473. The standard InChI is InChI=1S/C25H29N5O2/c1-2-10-27-11-13-28(14-12-27)24(31)20-8-9-22-21(17-20)26-23-25(32)29(15-16-30(22)23)18-19-6-4-3-5-7-19/h3-9,17H,2,10-16,18H2,1H3. The molecule has 32 heavy (non-hydrogen) atoms. The first-order valence-corrected chi connectivity index (χ1v) is 11.5. The van der Waals surface area contributed by atoms with Crippen molar-refractivity contribution in [2.45, 2.75) is 26.4 Å². The number of imidazole rings is 1. The SMILES string of the molecule is CCCN1CCN(C(=O)c2ccc3c(c2)nc2n3CCN(Cc3ccccc3)C2=O)CC1. The molecule has 2 aliphatic heterocycles. The van der Waals surface area contributed by atoms with E-state index in [1.165, 1.54) is 0 Å². The molecule has 0 aliphatic carbocycles. The molecular formula is C25H29N5O2. The molecule has 2 amide bonds. The lowest BCUT2D eigenvalue weighted by atomic mass is 10.1. The van der Waals surface area contributed by atoms with Gasteiger partial charge in [-0.25, -0.2) is 4.98 Å². The number of fused-ring (bicyclic) bond motifs is 3. The van der Waals surface area contributed by atoms with Gasteiger partial charge in [0.15, 0.2) is 5.82 Å². The van der Waals surface area contributed by atoms with Gasteiger partial charge in [0, 0.05) is 51.4 Å². The highest BCUT2D eigenvalue weighted by Gasteiger charge is 2.29. The van der Waals surface area contributed by atoms with Gasteiger partial charge < -0.3 is 14.4 Å². The average molecular weight is 432 g/mol. The number of rotatable bonds is 5. The molecule has 0 saturated carbocycles. The molecule has 2 aliphatic rings. The maximum atomic E-state index is 13.1. The zero-order chi connectivity index (χ0) is 22.1. The third-order valence-corrected chi connectivity index (χ3v) is 6.48. The van der Waals surface area contributed by atoms with Gasteiger partial charge in [-0.05, 0) is 36.7 Å². The number of benzene rings is 2. The second-order valence-corrected chi connectivity index (χ2v) is 8.64. The summed E-state index contributed by atoms with van der Waals surface area (Å²) in [5.41, 5.74) is 3.38. The third-order valence-electron chi connectivity index (χ3n) is 6.48. The summed E-state index contributed by atoms with van der Waals surface area (Å²) in [4.78, 5) is 37.0. The normalized spacial score (nSPS) is 17.1. The summed E-state index contributed by atoms with van der Waals surface area (Å²) < 4.78 is 1.98. The number of carbonyl (C=O) groups is 2. The van der Waals surface area contributed by atoms with Crippen LogP contribution in [-0.2, 0) is 13.1 Å². The molecule has 5 rings (SSSR count). The number of piperazine rings is 1. The van der Waals surface area contributed by atoms with Gasteiger partial charge in [0.2, 0.25) is 0 Å². The first kappa shape index (κ1) is 20.7. The van der Waals surface area contributed by atoms with Gasteiger partial charge in [-0.15, -0.1) is 0 Å². The van der Waals surface area contributed by atoms with Crippen LogP contribution in [0.3, 0.4) is 0 Å². The van der Waals surface area contributed by atoms with Crippen LogP contribution >= 0.6 is 0 Å². The van der Waals surface area contributed by atoms with E-state index >= 15 is 0 Å². The Morgan fingerprint density at radius 2 is 1.75 bits per heavy atom. The molecule has 1 saturated heterocycles. The second kappa shape index (κ2) is 8.74. The predicted molar refractivity (Wildman–Crippen MR) is 124 cm³/mol. The quantitative estimate of drug-likeness (QED) is 0.623. The highest BCUT2D eigenvalue weighted by atomic mass is 16.2. The number of hydrogen-bond acceptors (Lipinski definition) is 4. The lowest BCUT2D eigenvalue weighted by Crippen LogP contribution is -2.48. The summed E-state index contributed by atoms with van der Waals surface area (Å²) in [5, 5.41) is 0. The first-order valence-electron chi connectivity index (χ1n) is 11.5. The Morgan fingerprint density at radius 1 is 0.969 bits per heavy atom. The van der Waals surface area contributed by atoms with Gasteiger partial charge in [0.25, 0.3) is 11.8 Å². The van der Waals surface area contributed by atoms with Crippen LogP contribution in [0.5, 0.6) is 0 Å². The zero-order valence-corrected chi connectivity index (χ0v) is 18.5. The van der Waals surface area contributed by atoms with Crippen LogP contribution in [-0.4, -0.2) is 75.3 Å². The Bertz CT molecular complexity index is 1130. The van der Waals surface area contributed by atoms with Crippen molar-refractivity contribution in [1.82, 2.24) is 24.3 Å². The Morgan fingerprint density at radius 3 is 2.50 bits per heavy atom. The molecule has 7 nitrogen and oxygen atoms in total. The summed E-state index contributed by atoms with van der Waals surface area (Å²) in [7, 11) is 0. The number of nitrogens with zero attached hydrogens (tertiary/aromatic N) is 5. The maximum Gasteiger partial charge on any atom is 0.290 e. The number of amides is 2. The molecule has 0 unspecified atom stereocenters. The molecule has 166 valence electrons. The first-order chi connectivity index (χ1) is 15.6. The molecule has 3 heterocycles. The number of aromatic nitrogens is 2. The van der Waals surface area contributed by atoms with Crippen molar-refractivity contribution in [2.24, 2.45) is 0 Å². The van der Waals surface area contributed by atoms with Crippen LogP contribution in [0.2, 0.25) is 0 Å². The smallest absolute Gasteiger partial charge is 0.290 e. The Hall–Kier alpha value is -3.19. The van der Waals surface area contributed by atoms with Crippen LogP contribution in [0.15, 0.2) is 48.5 Å². The van der Waals surface area contributed by atoms with E-state index in [0.717, 1.165) is 50.2 Å². The highest BCUT2D eigenvalue weighted by molar-refractivity contribution is 6.00. The minimum atomic E-state index is -0.0591. The maximum absolute atomic E-state index is 13.1. The van der Waals surface area contributed by atoms with E-state index in [1.807, 2.05) is 62.9 Å². The predicted octanol–water partition coefficient (Wildman–Crippen LogP) is 2.86. The van der Waals surface area contributed by atoms with Crippen molar-refractivity contribution in [1.29, 1.82) is 0 Å². The van der Waals surface area contributed by atoms with Gasteiger partial charge in [-0.1, -0.05) is 37.3 Å². The molecule has 0 spiro atoms. The van der Waals surface area contributed by atoms with Gasteiger partial charge in [-0.3, -0.25) is 14.5 Å².